The summed E-state index contributed by atoms with van der Waals surface area (Å²) < 4.78 is 10.2. The predicted octanol–water partition coefficient (Wildman–Crippen LogP) is -0.560. The van der Waals surface area contributed by atoms with Crippen LogP contribution in [0.4, 0.5) is 0 Å². The van der Waals surface area contributed by atoms with Crippen LogP contribution in [0.25, 0.3) is 0 Å². The van der Waals surface area contributed by atoms with Crippen molar-refractivity contribution >= 4 is 13.8 Å². The van der Waals surface area contributed by atoms with E-state index in [0.29, 0.717) is 0 Å². The maximum atomic E-state index is 10.7. The van der Waals surface area contributed by atoms with Gasteiger partial charge in [0.2, 0.25) is 0 Å². The smallest absolute Gasteiger partial charge is 0.302 e. The molecular formula is C8H13BO4. The van der Waals surface area contributed by atoms with Crippen molar-refractivity contribution in [2.75, 3.05) is 6.61 Å². The summed E-state index contributed by atoms with van der Waals surface area (Å²) in [5.41, 5.74) is 0. The van der Waals surface area contributed by atoms with E-state index in [-0.39, 0.29) is 24.6 Å². The maximum Gasteiger partial charge on any atom is 0.302 e. The Morgan fingerprint density at radius 3 is 2.69 bits per heavy atom. The first kappa shape index (κ1) is 10.5. The van der Waals surface area contributed by atoms with Crippen LogP contribution in [0.1, 0.15) is 13.8 Å². The minimum Gasteiger partial charge on any atom is -0.460 e. The first-order valence-corrected chi connectivity index (χ1v) is 4.25. The Bertz CT molecular complexity index is 197. The highest BCUT2D eigenvalue weighted by Gasteiger charge is 2.40. The molecule has 72 valence electrons. The summed E-state index contributed by atoms with van der Waals surface area (Å²) in [5, 5.41) is 8.89. The molecule has 2 radical (unpaired) electrons. The number of ether oxygens (including phenoxy) is 2. The molecule has 13 heavy (non-hydrogen) atoms. The van der Waals surface area contributed by atoms with Crippen LogP contribution < -0.4 is 0 Å². The van der Waals surface area contributed by atoms with Crippen molar-refractivity contribution < 1.29 is 19.4 Å². The molecule has 1 unspecified atom stereocenters. The normalized spacial score (nSPS) is 39.0. The van der Waals surface area contributed by atoms with Gasteiger partial charge in [0.1, 0.15) is 14.0 Å². The molecule has 1 aliphatic rings. The molecule has 4 atom stereocenters. The molecule has 5 heteroatoms. The van der Waals surface area contributed by atoms with Crippen molar-refractivity contribution in [3.05, 3.63) is 0 Å². The van der Waals surface area contributed by atoms with Gasteiger partial charge in [-0.2, -0.15) is 0 Å². The molecule has 1 rings (SSSR count). The number of aliphatic hydroxyl groups excluding tert-OH is 1. The van der Waals surface area contributed by atoms with Gasteiger partial charge in [-0.05, 0) is 0 Å². The van der Waals surface area contributed by atoms with Crippen molar-refractivity contribution in [3.8, 4) is 0 Å². The van der Waals surface area contributed by atoms with Crippen LogP contribution in [-0.2, 0) is 14.3 Å². The molecule has 4 nitrogen and oxygen atoms in total. The molecule has 1 N–H and O–H groups in total. The first-order valence-electron chi connectivity index (χ1n) is 4.25. The summed E-state index contributed by atoms with van der Waals surface area (Å²) in [7, 11) is 5.57. The zero-order chi connectivity index (χ0) is 10.0. The lowest BCUT2D eigenvalue weighted by Gasteiger charge is -2.18. The Balaban J connectivity index is 2.58. The second kappa shape index (κ2) is 4.11. The van der Waals surface area contributed by atoms with E-state index in [1.807, 2.05) is 6.92 Å². The molecule has 0 amide bonds. The lowest BCUT2D eigenvalue weighted by atomic mass is 9.88. The molecule has 0 aromatic carbocycles. The number of aliphatic hydroxyl groups is 1. The Morgan fingerprint density at radius 1 is 1.69 bits per heavy atom. The lowest BCUT2D eigenvalue weighted by Crippen LogP contribution is -2.31. The van der Waals surface area contributed by atoms with E-state index in [9.17, 15) is 4.79 Å². The molecule has 1 heterocycles. The quantitative estimate of drug-likeness (QED) is 0.461. The van der Waals surface area contributed by atoms with E-state index in [4.69, 9.17) is 22.4 Å². The molecule has 0 bridgehead atoms. The van der Waals surface area contributed by atoms with Crippen molar-refractivity contribution in [3.63, 3.8) is 0 Å². The number of carbonyl (C=O) groups excluding carboxylic acids is 1. The Hall–Kier alpha value is -0.545. The largest absolute Gasteiger partial charge is 0.460 e. The van der Waals surface area contributed by atoms with Crippen LogP contribution >= 0.6 is 0 Å². The standard InChI is InChI=1S/C8H13BO4/c1-4-6(3-10)13-8(9)7(4)12-5(2)11/h4,6-8,10H,3H2,1-2H3/t4?,6-,7+,8-/m1/s1. The number of hydrogen-bond acceptors (Lipinski definition) is 4. The zero-order valence-corrected chi connectivity index (χ0v) is 7.77. The third kappa shape index (κ3) is 2.22. The first-order chi connectivity index (χ1) is 6.06. The average molecular weight is 184 g/mol. The topological polar surface area (TPSA) is 55.8 Å². The molecule has 1 aliphatic heterocycles. The van der Waals surface area contributed by atoms with Crippen LogP contribution in [0, 0.1) is 5.92 Å². The maximum absolute atomic E-state index is 10.7. The van der Waals surface area contributed by atoms with Gasteiger partial charge in [-0.1, -0.05) is 6.92 Å². The van der Waals surface area contributed by atoms with Gasteiger partial charge in [-0.3, -0.25) is 4.79 Å². The minimum atomic E-state index is -0.629. The summed E-state index contributed by atoms with van der Waals surface area (Å²) >= 11 is 0. The SMILES string of the molecule is [B][C@@H]1O[C@H](CO)C(C)[C@@H]1OC(C)=O. The molecule has 0 aromatic rings. The summed E-state index contributed by atoms with van der Waals surface area (Å²) in [6.45, 7) is 3.06. The second-order valence-corrected chi connectivity index (χ2v) is 3.25. The van der Waals surface area contributed by atoms with E-state index >= 15 is 0 Å². The summed E-state index contributed by atoms with van der Waals surface area (Å²) in [6.07, 6.45) is -0.783. The molecule has 0 saturated carbocycles. The highest BCUT2D eigenvalue weighted by molar-refractivity contribution is 6.11. The van der Waals surface area contributed by atoms with Gasteiger partial charge in [0.15, 0.2) is 0 Å². The molecule has 0 aliphatic carbocycles. The summed E-state index contributed by atoms with van der Waals surface area (Å²) in [5.74, 6) is -0.446. The summed E-state index contributed by atoms with van der Waals surface area (Å²) in [4.78, 5) is 10.7. The minimum absolute atomic E-state index is 0.0658. The van der Waals surface area contributed by atoms with E-state index < -0.39 is 12.1 Å². The number of hydrogen-bond donors (Lipinski definition) is 1. The van der Waals surface area contributed by atoms with Gasteiger partial charge in [0, 0.05) is 12.8 Å². The van der Waals surface area contributed by atoms with Crippen LogP contribution in [-0.4, -0.2) is 43.7 Å². The van der Waals surface area contributed by atoms with Crippen molar-refractivity contribution in [1.82, 2.24) is 0 Å². The highest BCUT2D eigenvalue weighted by atomic mass is 16.6. The second-order valence-electron chi connectivity index (χ2n) is 3.25. The van der Waals surface area contributed by atoms with E-state index in [0.717, 1.165) is 0 Å². The van der Waals surface area contributed by atoms with Crippen LogP contribution in [0.2, 0.25) is 0 Å². The Labute approximate surface area is 78.6 Å². The monoisotopic (exact) mass is 184 g/mol. The molecule has 0 spiro atoms. The van der Waals surface area contributed by atoms with Gasteiger partial charge < -0.3 is 14.6 Å². The van der Waals surface area contributed by atoms with Gasteiger partial charge in [-0.15, -0.1) is 0 Å². The van der Waals surface area contributed by atoms with E-state index in [1.54, 1.807) is 0 Å². The third-order valence-electron chi connectivity index (χ3n) is 2.24. The Morgan fingerprint density at radius 2 is 2.31 bits per heavy atom. The average Bonchev–Trinajstić information content (AvgIpc) is 2.31. The molecule has 0 aromatic heterocycles. The van der Waals surface area contributed by atoms with Crippen LogP contribution in [0.3, 0.4) is 0 Å². The van der Waals surface area contributed by atoms with Crippen LogP contribution in [0.5, 0.6) is 0 Å². The van der Waals surface area contributed by atoms with Gasteiger partial charge >= 0.3 is 5.97 Å². The third-order valence-corrected chi connectivity index (χ3v) is 2.24. The van der Waals surface area contributed by atoms with Crippen molar-refractivity contribution in [1.29, 1.82) is 0 Å². The fourth-order valence-corrected chi connectivity index (χ4v) is 1.49. The van der Waals surface area contributed by atoms with Gasteiger partial charge in [0.25, 0.3) is 0 Å². The van der Waals surface area contributed by atoms with Crippen molar-refractivity contribution in [2.24, 2.45) is 5.92 Å². The number of esters is 1. The highest BCUT2D eigenvalue weighted by Crippen LogP contribution is 2.27. The fraction of sp³-hybridized carbons (Fsp3) is 0.875. The van der Waals surface area contributed by atoms with Gasteiger partial charge in [-0.25, -0.2) is 0 Å². The number of rotatable bonds is 2. The summed E-state index contributed by atoms with van der Waals surface area (Å²) in [6, 6.07) is -0.629. The molecule has 1 fully saturated rings. The predicted molar refractivity (Wildman–Crippen MR) is 46.2 cm³/mol. The van der Waals surface area contributed by atoms with Crippen LogP contribution in [0.15, 0.2) is 0 Å². The number of carbonyl (C=O) groups is 1. The van der Waals surface area contributed by atoms with Crippen molar-refractivity contribution in [2.45, 2.75) is 32.1 Å². The Kier molecular flexibility index (Phi) is 3.33. The zero-order valence-electron chi connectivity index (χ0n) is 7.77. The van der Waals surface area contributed by atoms with E-state index in [2.05, 4.69) is 0 Å². The molecule has 1 saturated heterocycles. The van der Waals surface area contributed by atoms with E-state index in [1.165, 1.54) is 6.92 Å². The van der Waals surface area contributed by atoms with Gasteiger partial charge in [0.05, 0.1) is 18.7 Å². The molecular weight excluding hydrogens is 171 g/mol. The fourth-order valence-electron chi connectivity index (χ4n) is 1.49. The lowest BCUT2D eigenvalue weighted by molar-refractivity contribution is -0.148.